The van der Waals surface area contributed by atoms with Crippen LogP contribution < -0.4 is 0 Å². The fourth-order valence-electron chi connectivity index (χ4n) is 2.73. The van der Waals surface area contributed by atoms with Gasteiger partial charge in [-0.15, -0.1) is 6.58 Å². The molecule has 22 heavy (non-hydrogen) atoms. The van der Waals surface area contributed by atoms with E-state index in [1.54, 1.807) is 28.5 Å². The number of carbonyl (C=O) groups excluding carboxylic acids is 1. The Hall–Kier alpha value is -2.25. The first-order valence-electron chi connectivity index (χ1n) is 7.01. The zero-order chi connectivity index (χ0) is 15.1. The average molecular weight is 314 g/mol. The molecule has 2 aromatic heterocycles. The Morgan fingerprint density at radius 1 is 1.55 bits per heavy atom. The van der Waals surface area contributed by atoms with Crippen molar-refractivity contribution in [2.45, 2.75) is 6.04 Å². The van der Waals surface area contributed by atoms with E-state index in [1.165, 1.54) is 5.06 Å². The number of pyridine rings is 1. The summed E-state index contributed by atoms with van der Waals surface area (Å²) in [6.45, 7) is 5.15. The molecule has 2 aliphatic rings. The summed E-state index contributed by atoms with van der Waals surface area (Å²) in [5.41, 5.74) is 1.94. The first kappa shape index (κ1) is 13.4. The van der Waals surface area contributed by atoms with Crippen LogP contribution in [0.4, 0.5) is 4.79 Å². The van der Waals surface area contributed by atoms with Crippen LogP contribution in [0.1, 0.15) is 5.01 Å². The minimum Gasteiger partial charge on any atom is -0.316 e. The molecule has 6 nitrogen and oxygen atoms in total. The largest absolute Gasteiger partial charge is 0.344 e. The van der Waals surface area contributed by atoms with Gasteiger partial charge in [0.1, 0.15) is 15.4 Å². The molecule has 2 aliphatic heterocycles. The van der Waals surface area contributed by atoms with Crippen LogP contribution in [0, 0.1) is 0 Å². The molecule has 2 amide bonds. The molecule has 112 valence electrons. The van der Waals surface area contributed by atoms with E-state index in [9.17, 15) is 4.79 Å². The van der Waals surface area contributed by atoms with Crippen molar-refractivity contribution in [2.24, 2.45) is 0 Å². The quantitative estimate of drug-likeness (QED) is 0.813. The summed E-state index contributed by atoms with van der Waals surface area (Å²) in [5.74, 6) is 0. The third kappa shape index (κ3) is 2.10. The first-order valence-corrected chi connectivity index (χ1v) is 7.82. The molecule has 1 saturated heterocycles. The molecule has 2 bridgehead atoms. The lowest BCUT2D eigenvalue weighted by Gasteiger charge is -2.20. The fourth-order valence-corrected chi connectivity index (χ4v) is 3.66. The molecule has 0 N–H and O–H groups in total. The number of hydroxylamine groups is 2. The van der Waals surface area contributed by atoms with Gasteiger partial charge in [-0.05, 0) is 18.2 Å². The Kier molecular flexibility index (Phi) is 3.16. The maximum absolute atomic E-state index is 12.3. The number of hydrogen-bond acceptors (Lipinski definition) is 5. The summed E-state index contributed by atoms with van der Waals surface area (Å²) in [5, 5.41) is 2.35. The number of nitrogens with zero attached hydrogens (tertiary/aromatic N) is 4. The van der Waals surface area contributed by atoms with Gasteiger partial charge in [-0.3, -0.25) is 4.84 Å². The van der Waals surface area contributed by atoms with E-state index < -0.39 is 0 Å². The smallest absolute Gasteiger partial charge is 0.316 e. The maximum Gasteiger partial charge on any atom is 0.344 e. The number of aromatic nitrogens is 2. The Balaban J connectivity index is 1.66. The standard InChI is InChI=1S/C15H14N4O2S/c1-2-6-21-19-11-7-10(8-18(9-11)15(19)20)13-17-12-4-3-5-16-14(12)22-13/h2-5,7,11H,1,6,8-9H2. The molecule has 1 unspecified atom stereocenters. The van der Waals surface area contributed by atoms with Crippen molar-refractivity contribution in [2.75, 3.05) is 19.7 Å². The molecular weight excluding hydrogens is 300 g/mol. The van der Waals surface area contributed by atoms with E-state index in [-0.39, 0.29) is 12.1 Å². The normalized spacial score (nSPS) is 20.6. The number of fused-ring (bicyclic) bond motifs is 3. The van der Waals surface area contributed by atoms with Crippen molar-refractivity contribution >= 4 is 33.3 Å². The van der Waals surface area contributed by atoms with Gasteiger partial charge in [0.2, 0.25) is 0 Å². The summed E-state index contributed by atoms with van der Waals surface area (Å²) in [6.07, 6.45) is 5.47. The van der Waals surface area contributed by atoms with Crippen LogP contribution in [0.2, 0.25) is 0 Å². The van der Waals surface area contributed by atoms with Crippen LogP contribution in [0.3, 0.4) is 0 Å². The molecular formula is C15H14N4O2S. The van der Waals surface area contributed by atoms with Crippen molar-refractivity contribution in [1.29, 1.82) is 0 Å². The fraction of sp³-hybridized carbons (Fsp3) is 0.267. The molecule has 0 aliphatic carbocycles. The topological polar surface area (TPSA) is 58.6 Å². The number of thiazole rings is 1. The zero-order valence-corrected chi connectivity index (χ0v) is 12.6. The van der Waals surface area contributed by atoms with Crippen LogP contribution in [0.15, 0.2) is 37.1 Å². The predicted octanol–water partition coefficient (Wildman–Crippen LogP) is 2.31. The van der Waals surface area contributed by atoms with Crippen molar-refractivity contribution in [1.82, 2.24) is 19.9 Å². The second kappa shape index (κ2) is 5.19. The van der Waals surface area contributed by atoms with Gasteiger partial charge < -0.3 is 4.90 Å². The number of rotatable bonds is 4. The summed E-state index contributed by atoms with van der Waals surface area (Å²) < 4.78 is 0. The van der Waals surface area contributed by atoms with Crippen LogP contribution in [-0.2, 0) is 4.84 Å². The summed E-state index contributed by atoms with van der Waals surface area (Å²) in [4.78, 5) is 29.4. The van der Waals surface area contributed by atoms with E-state index in [4.69, 9.17) is 4.84 Å². The molecule has 7 heteroatoms. The Morgan fingerprint density at radius 3 is 3.27 bits per heavy atom. The third-order valence-corrected chi connectivity index (χ3v) is 4.75. The SMILES string of the molecule is C=CCON1C(=O)N2CC(c3nc4cccnc4s3)=CC1C2. The molecule has 0 radical (unpaired) electrons. The minimum atomic E-state index is -0.0997. The maximum atomic E-state index is 12.3. The molecule has 1 atom stereocenters. The monoisotopic (exact) mass is 314 g/mol. The second-order valence-electron chi connectivity index (χ2n) is 5.18. The average Bonchev–Trinajstić information content (AvgIpc) is 3.06. The Bertz CT molecular complexity index is 752. The highest BCUT2D eigenvalue weighted by Crippen LogP contribution is 2.32. The van der Waals surface area contributed by atoms with E-state index in [2.05, 4.69) is 22.6 Å². The molecule has 0 spiro atoms. The molecule has 1 fully saturated rings. The molecule has 4 rings (SSSR count). The first-order chi connectivity index (χ1) is 10.8. The van der Waals surface area contributed by atoms with Gasteiger partial charge in [-0.25, -0.2) is 14.8 Å². The van der Waals surface area contributed by atoms with Crippen molar-refractivity contribution in [3.8, 4) is 0 Å². The van der Waals surface area contributed by atoms with Gasteiger partial charge in [0, 0.05) is 18.3 Å². The van der Waals surface area contributed by atoms with Gasteiger partial charge >= 0.3 is 6.03 Å². The number of hydrogen-bond donors (Lipinski definition) is 0. The lowest BCUT2D eigenvalue weighted by Crippen LogP contribution is -2.33. The second-order valence-corrected chi connectivity index (χ2v) is 6.16. The van der Waals surface area contributed by atoms with E-state index >= 15 is 0 Å². The van der Waals surface area contributed by atoms with Gasteiger partial charge in [0.05, 0.1) is 19.2 Å². The van der Waals surface area contributed by atoms with Crippen molar-refractivity contribution in [3.05, 3.63) is 42.1 Å². The van der Waals surface area contributed by atoms with E-state index in [0.717, 1.165) is 20.9 Å². The molecule has 4 heterocycles. The van der Waals surface area contributed by atoms with Crippen molar-refractivity contribution in [3.63, 3.8) is 0 Å². The number of urea groups is 1. The van der Waals surface area contributed by atoms with Gasteiger partial charge in [0.15, 0.2) is 0 Å². The zero-order valence-electron chi connectivity index (χ0n) is 11.8. The van der Waals surface area contributed by atoms with Crippen LogP contribution >= 0.6 is 11.3 Å². The molecule has 0 saturated carbocycles. The lowest BCUT2D eigenvalue weighted by atomic mass is 10.1. The summed E-state index contributed by atoms with van der Waals surface area (Å²) in [7, 11) is 0. The van der Waals surface area contributed by atoms with Crippen molar-refractivity contribution < 1.29 is 9.63 Å². The predicted molar refractivity (Wildman–Crippen MR) is 84.1 cm³/mol. The van der Waals surface area contributed by atoms with E-state index in [0.29, 0.717) is 19.7 Å². The Morgan fingerprint density at radius 2 is 2.45 bits per heavy atom. The molecule has 2 aromatic rings. The summed E-state index contributed by atoms with van der Waals surface area (Å²) in [6, 6.07) is 3.65. The number of carbonyl (C=O) groups is 1. The summed E-state index contributed by atoms with van der Waals surface area (Å²) >= 11 is 1.55. The number of amides is 2. The van der Waals surface area contributed by atoms with Gasteiger partial charge in [-0.1, -0.05) is 17.4 Å². The van der Waals surface area contributed by atoms with Crippen LogP contribution in [0.25, 0.3) is 15.9 Å². The lowest BCUT2D eigenvalue weighted by molar-refractivity contribution is -0.107. The van der Waals surface area contributed by atoms with Gasteiger partial charge in [0.25, 0.3) is 0 Å². The molecule has 0 aromatic carbocycles. The highest BCUT2D eigenvalue weighted by atomic mass is 32.1. The van der Waals surface area contributed by atoms with Crippen LogP contribution in [-0.4, -0.2) is 51.7 Å². The third-order valence-electron chi connectivity index (χ3n) is 3.70. The van der Waals surface area contributed by atoms with Gasteiger partial charge in [-0.2, -0.15) is 5.06 Å². The van der Waals surface area contributed by atoms with E-state index in [1.807, 2.05) is 12.1 Å². The highest BCUT2D eigenvalue weighted by Gasteiger charge is 2.41. The highest BCUT2D eigenvalue weighted by molar-refractivity contribution is 7.19. The van der Waals surface area contributed by atoms with Crippen LogP contribution in [0.5, 0.6) is 0 Å². The minimum absolute atomic E-state index is 0.0730. The Labute approximate surface area is 131 Å².